The molecule has 0 aliphatic heterocycles. The van der Waals surface area contributed by atoms with Gasteiger partial charge in [-0.2, -0.15) is 0 Å². The van der Waals surface area contributed by atoms with Gasteiger partial charge in [-0.05, 0) is 56.7 Å². The fourth-order valence-corrected chi connectivity index (χ4v) is 3.70. The lowest BCUT2D eigenvalue weighted by Crippen LogP contribution is -2.15. The number of benzene rings is 1. The number of hydrogen-bond donors (Lipinski definition) is 1. The Balaban J connectivity index is 1.41. The van der Waals surface area contributed by atoms with E-state index in [9.17, 15) is 4.79 Å². The van der Waals surface area contributed by atoms with Gasteiger partial charge in [0.2, 0.25) is 5.91 Å². The Morgan fingerprint density at radius 1 is 1.25 bits per heavy atom. The molecule has 2 saturated carbocycles. The second-order valence-electron chi connectivity index (χ2n) is 6.80. The summed E-state index contributed by atoms with van der Waals surface area (Å²) in [6.07, 6.45) is 4.87. The van der Waals surface area contributed by atoms with Gasteiger partial charge in [-0.3, -0.25) is 4.79 Å². The first kappa shape index (κ1) is 15.7. The lowest BCUT2D eigenvalue weighted by atomic mass is 10.1. The third-order valence-corrected chi connectivity index (χ3v) is 5.70. The van der Waals surface area contributed by atoms with Crippen LogP contribution in [0.1, 0.15) is 54.6 Å². The van der Waals surface area contributed by atoms with E-state index in [1.165, 1.54) is 43.0 Å². The Bertz CT molecular complexity index is 777. The van der Waals surface area contributed by atoms with Crippen molar-refractivity contribution >= 4 is 23.4 Å². The molecular formula is C18H22N4OS. The minimum Gasteiger partial charge on any atom is -0.325 e. The van der Waals surface area contributed by atoms with Crippen molar-refractivity contribution in [2.24, 2.45) is 0 Å². The first-order valence-corrected chi connectivity index (χ1v) is 9.55. The highest BCUT2D eigenvalue weighted by Gasteiger charge is 2.36. The molecule has 4 rings (SSSR count). The van der Waals surface area contributed by atoms with Crippen molar-refractivity contribution in [1.82, 2.24) is 14.8 Å². The van der Waals surface area contributed by atoms with Crippen molar-refractivity contribution in [2.75, 3.05) is 11.1 Å². The predicted octanol–water partition coefficient (Wildman–Crippen LogP) is 3.84. The molecule has 1 N–H and O–H groups in total. The number of hydrogen-bond acceptors (Lipinski definition) is 4. The Labute approximate surface area is 146 Å². The van der Waals surface area contributed by atoms with Crippen molar-refractivity contribution in [2.45, 2.75) is 56.6 Å². The number of anilines is 1. The normalized spacial score (nSPS) is 17.1. The predicted molar refractivity (Wildman–Crippen MR) is 95.5 cm³/mol. The number of carbonyl (C=O) groups is 1. The summed E-state index contributed by atoms with van der Waals surface area (Å²) in [5.74, 6) is 2.10. The minimum atomic E-state index is 0.00650. The van der Waals surface area contributed by atoms with Crippen LogP contribution < -0.4 is 5.32 Å². The highest BCUT2D eigenvalue weighted by atomic mass is 32.2. The largest absolute Gasteiger partial charge is 0.325 e. The molecule has 2 aliphatic carbocycles. The molecule has 6 heteroatoms. The number of rotatable bonds is 6. The molecule has 1 heterocycles. The second kappa shape index (κ2) is 6.24. The van der Waals surface area contributed by atoms with Crippen LogP contribution in [0.25, 0.3) is 0 Å². The van der Waals surface area contributed by atoms with E-state index in [2.05, 4.69) is 33.1 Å². The van der Waals surface area contributed by atoms with Crippen LogP contribution in [-0.2, 0) is 4.79 Å². The minimum absolute atomic E-state index is 0.00650. The summed E-state index contributed by atoms with van der Waals surface area (Å²) >= 11 is 1.50. The summed E-state index contributed by atoms with van der Waals surface area (Å²) in [4.78, 5) is 12.3. The van der Waals surface area contributed by atoms with Crippen molar-refractivity contribution < 1.29 is 4.79 Å². The average Bonchev–Trinajstić information content (AvgIpc) is 3.48. The molecule has 0 saturated heterocycles. The van der Waals surface area contributed by atoms with E-state index >= 15 is 0 Å². The molecule has 1 aromatic carbocycles. The molecule has 5 nitrogen and oxygen atoms in total. The standard InChI is InChI=1S/C18H22N4OS/c1-11-4-3-5-15(12(11)2)19-16(23)10-24-18-21-20-17(13-6-7-13)22(18)14-8-9-14/h3-5,13-14H,6-10H2,1-2H3,(H,19,23). The first-order valence-electron chi connectivity index (χ1n) is 8.57. The number of nitrogens with zero attached hydrogens (tertiary/aromatic N) is 3. The molecule has 0 bridgehead atoms. The van der Waals surface area contributed by atoms with Gasteiger partial charge in [0.15, 0.2) is 5.16 Å². The van der Waals surface area contributed by atoms with Gasteiger partial charge >= 0.3 is 0 Å². The van der Waals surface area contributed by atoms with Gasteiger partial charge in [-0.1, -0.05) is 23.9 Å². The second-order valence-corrected chi connectivity index (χ2v) is 7.74. The summed E-state index contributed by atoms with van der Waals surface area (Å²) in [5, 5.41) is 12.6. The fraction of sp³-hybridized carbons (Fsp3) is 0.500. The highest BCUT2D eigenvalue weighted by Crippen LogP contribution is 2.45. The van der Waals surface area contributed by atoms with Crippen molar-refractivity contribution in [1.29, 1.82) is 0 Å². The third kappa shape index (κ3) is 3.20. The zero-order valence-corrected chi connectivity index (χ0v) is 14.9. The molecule has 1 aromatic heterocycles. The van der Waals surface area contributed by atoms with Gasteiger partial charge in [0.1, 0.15) is 5.82 Å². The Kier molecular flexibility index (Phi) is 4.08. The van der Waals surface area contributed by atoms with E-state index in [1.54, 1.807) is 0 Å². The van der Waals surface area contributed by atoms with Gasteiger partial charge in [0, 0.05) is 17.6 Å². The maximum absolute atomic E-state index is 12.3. The molecule has 0 spiro atoms. The first-order chi connectivity index (χ1) is 11.6. The maximum atomic E-state index is 12.3. The Hall–Kier alpha value is -1.82. The van der Waals surface area contributed by atoms with Gasteiger partial charge in [-0.25, -0.2) is 0 Å². The van der Waals surface area contributed by atoms with Crippen LogP contribution in [0.15, 0.2) is 23.4 Å². The smallest absolute Gasteiger partial charge is 0.234 e. The van der Waals surface area contributed by atoms with E-state index in [4.69, 9.17) is 0 Å². The molecule has 2 aliphatic rings. The van der Waals surface area contributed by atoms with E-state index in [0.29, 0.717) is 17.7 Å². The average molecular weight is 342 g/mol. The van der Waals surface area contributed by atoms with Crippen LogP contribution in [0.4, 0.5) is 5.69 Å². The van der Waals surface area contributed by atoms with Gasteiger partial charge in [-0.15, -0.1) is 10.2 Å². The molecule has 0 atom stereocenters. The van der Waals surface area contributed by atoms with E-state index in [1.807, 2.05) is 19.1 Å². The molecule has 24 heavy (non-hydrogen) atoms. The molecule has 0 radical (unpaired) electrons. The van der Waals surface area contributed by atoms with E-state index in [0.717, 1.165) is 22.2 Å². The summed E-state index contributed by atoms with van der Waals surface area (Å²) in [6.45, 7) is 4.08. The molecule has 2 fully saturated rings. The monoisotopic (exact) mass is 342 g/mol. The SMILES string of the molecule is Cc1cccc(NC(=O)CSc2nnc(C3CC3)n2C2CC2)c1C. The quantitative estimate of drug-likeness (QED) is 0.810. The van der Waals surface area contributed by atoms with E-state index < -0.39 is 0 Å². The molecule has 126 valence electrons. The fourth-order valence-electron chi connectivity index (χ4n) is 2.89. The Morgan fingerprint density at radius 3 is 2.75 bits per heavy atom. The Morgan fingerprint density at radius 2 is 2.04 bits per heavy atom. The molecule has 0 unspecified atom stereocenters. The summed E-state index contributed by atoms with van der Waals surface area (Å²) < 4.78 is 2.29. The lowest BCUT2D eigenvalue weighted by Gasteiger charge is -2.11. The maximum Gasteiger partial charge on any atom is 0.234 e. The van der Waals surface area contributed by atoms with Crippen molar-refractivity contribution in [3.63, 3.8) is 0 Å². The van der Waals surface area contributed by atoms with Crippen LogP contribution in [0.5, 0.6) is 0 Å². The number of aryl methyl sites for hydroxylation is 1. The van der Waals surface area contributed by atoms with Crippen LogP contribution in [0, 0.1) is 13.8 Å². The molecular weight excluding hydrogens is 320 g/mol. The van der Waals surface area contributed by atoms with Gasteiger partial charge in [0.25, 0.3) is 0 Å². The van der Waals surface area contributed by atoms with Crippen LogP contribution in [-0.4, -0.2) is 26.4 Å². The molecule has 2 aromatic rings. The number of thioether (sulfide) groups is 1. The van der Waals surface area contributed by atoms with Crippen molar-refractivity contribution in [3.8, 4) is 0 Å². The number of carbonyl (C=O) groups excluding carboxylic acids is 1. The van der Waals surface area contributed by atoms with Gasteiger partial charge in [0.05, 0.1) is 5.75 Å². The van der Waals surface area contributed by atoms with Gasteiger partial charge < -0.3 is 9.88 Å². The van der Waals surface area contributed by atoms with Crippen molar-refractivity contribution in [3.05, 3.63) is 35.2 Å². The molecule has 1 amide bonds. The highest BCUT2D eigenvalue weighted by molar-refractivity contribution is 7.99. The zero-order valence-electron chi connectivity index (χ0n) is 14.1. The summed E-state index contributed by atoms with van der Waals surface area (Å²) in [5.41, 5.74) is 3.19. The van der Waals surface area contributed by atoms with Crippen LogP contribution >= 0.6 is 11.8 Å². The third-order valence-electron chi connectivity index (χ3n) is 4.76. The zero-order chi connectivity index (χ0) is 16.7. The van der Waals surface area contributed by atoms with Crippen LogP contribution in [0.2, 0.25) is 0 Å². The number of nitrogens with one attached hydrogen (secondary N) is 1. The summed E-state index contributed by atoms with van der Waals surface area (Å²) in [6, 6.07) is 6.52. The number of amides is 1. The topological polar surface area (TPSA) is 59.8 Å². The number of aromatic nitrogens is 3. The lowest BCUT2D eigenvalue weighted by molar-refractivity contribution is -0.113. The van der Waals surface area contributed by atoms with Crippen LogP contribution in [0.3, 0.4) is 0 Å². The van der Waals surface area contributed by atoms with E-state index in [-0.39, 0.29) is 5.91 Å². The summed E-state index contributed by atoms with van der Waals surface area (Å²) in [7, 11) is 0.